The van der Waals surface area contributed by atoms with E-state index in [0.717, 1.165) is 53.7 Å². The Hall–Kier alpha value is -1.67. The van der Waals surface area contributed by atoms with Crippen LogP contribution in [-0.2, 0) is 17.8 Å². The molecule has 1 aromatic heterocycles. The smallest absolute Gasteiger partial charge is 0.340 e. The van der Waals surface area contributed by atoms with Crippen molar-refractivity contribution in [3.05, 3.63) is 62.8 Å². The van der Waals surface area contributed by atoms with Gasteiger partial charge in [-0.2, -0.15) is 12.6 Å². The summed E-state index contributed by atoms with van der Waals surface area (Å²) in [4.78, 5) is 15.7. The summed E-state index contributed by atoms with van der Waals surface area (Å²) in [5.74, 6) is -0.189. The SMILES string of the molecule is CCOC(=O)c1c(C(S)c2ccc(C)cc2)n(CC)c2cc(Br)c(O)c(CN3CCCC3)c12.Cl. The Bertz CT molecular complexity index is 1170. The average molecular weight is 568 g/mol. The predicted octanol–water partition coefficient (Wildman–Crippen LogP) is 6.65. The van der Waals surface area contributed by atoms with Crippen molar-refractivity contribution in [2.24, 2.45) is 0 Å². The molecule has 8 heteroatoms. The molecule has 184 valence electrons. The maximum Gasteiger partial charge on any atom is 0.340 e. The standard InChI is InChI=1S/C26H31BrN2O3S.ClH/c1-4-29-20-14-19(27)24(30)18(15-28-12-6-7-13-28)21(20)22(26(31)32-5-2)23(29)25(33)17-10-8-16(3)9-11-17;/h8-11,14,25,30,33H,4-7,12-13,15H2,1-3H3;1H. The van der Waals surface area contributed by atoms with Crippen molar-refractivity contribution in [1.82, 2.24) is 9.47 Å². The third-order valence-corrected chi connectivity index (χ3v) is 7.60. The molecule has 2 aromatic carbocycles. The molecule has 0 aliphatic carbocycles. The van der Waals surface area contributed by atoms with E-state index in [1.54, 1.807) is 0 Å². The van der Waals surface area contributed by atoms with Gasteiger partial charge in [0.15, 0.2) is 0 Å². The zero-order valence-corrected chi connectivity index (χ0v) is 23.1. The second-order valence-electron chi connectivity index (χ2n) is 8.60. The third-order valence-electron chi connectivity index (χ3n) is 6.45. The number of hydrogen-bond acceptors (Lipinski definition) is 5. The van der Waals surface area contributed by atoms with Gasteiger partial charge >= 0.3 is 5.97 Å². The number of aromatic hydroxyl groups is 1. The zero-order valence-electron chi connectivity index (χ0n) is 19.8. The first-order valence-corrected chi connectivity index (χ1v) is 12.9. The van der Waals surface area contributed by atoms with Gasteiger partial charge < -0.3 is 14.4 Å². The number of fused-ring (bicyclic) bond motifs is 1. The van der Waals surface area contributed by atoms with E-state index in [1.807, 2.05) is 13.0 Å². The van der Waals surface area contributed by atoms with Crippen molar-refractivity contribution in [2.75, 3.05) is 19.7 Å². The molecule has 1 N–H and O–H groups in total. The van der Waals surface area contributed by atoms with Gasteiger partial charge in [0.2, 0.25) is 0 Å². The normalized spacial score (nSPS) is 14.9. The highest BCUT2D eigenvalue weighted by Gasteiger charge is 2.32. The lowest BCUT2D eigenvalue weighted by Gasteiger charge is -2.18. The van der Waals surface area contributed by atoms with Crippen LogP contribution in [0.25, 0.3) is 10.9 Å². The molecule has 0 bridgehead atoms. The number of esters is 1. The quantitative estimate of drug-likeness (QED) is 0.248. The van der Waals surface area contributed by atoms with Gasteiger partial charge in [-0.1, -0.05) is 29.8 Å². The minimum Gasteiger partial charge on any atom is -0.506 e. The summed E-state index contributed by atoms with van der Waals surface area (Å²) in [6, 6.07) is 10.1. The molecular formula is C26H32BrClN2O3S. The highest BCUT2D eigenvalue weighted by molar-refractivity contribution is 9.10. The number of phenolic OH excluding ortho intramolecular Hbond substituents is 1. The summed E-state index contributed by atoms with van der Waals surface area (Å²) in [7, 11) is 0. The minimum atomic E-state index is -0.375. The molecule has 1 atom stereocenters. The van der Waals surface area contributed by atoms with Crippen LogP contribution in [0.1, 0.15) is 64.7 Å². The number of aryl methyl sites for hydroxylation is 2. The third kappa shape index (κ3) is 4.99. The average Bonchev–Trinajstić information content (AvgIpc) is 3.42. The van der Waals surface area contributed by atoms with Crippen LogP contribution < -0.4 is 0 Å². The van der Waals surface area contributed by atoms with Gasteiger partial charge in [-0.15, -0.1) is 12.4 Å². The molecule has 1 saturated heterocycles. The van der Waals surface area contributed by atoms with Gasteiger partial charge in [-0.25, -0.2) is 4.79 Å². The number of ether oxygens (including phenoxy) is 1. The first-order chi connectivity index (χ1) is 15.9. The monoisotopic (exact) mass is 566 g/mol. The van der Waals surface area contributed by atoms with E-state index in [0.29, 0.717) is 23.1 Å². The Morgan fingerprint density at radius 1 is 1.21 bits per heavy atom. The highest BCUT2D eigenvalue weighted by atomic mass is 79.9. The number of benzene rings is 2. The number of hydrogen-bond donors (Lipinski definition) is 2. The van der Waals surface area contributed by atoms with Crippen LogP contribution in [0.5, 0.6) is 5.75 Å². The largest absolute Gasteiger partial charge is 0.506 e. The number of carbonyl (C=O) groups is 1. The van der Waals surface area contributed by atoms with Gasteiger partial charge in [0.05, 0.1) is 33.1 Å². The van der Waals surface area contributed by atoms with E-state index < -0.39 is 0 Å². The minimum absolute atomic E-state index is 0. The molecule has 1 fully saturated rings. The topological polar surface area (TPSA) is 54.7 Å². The Kier molecular flexibility index (Phi) is 9.01. The number of halogens is 2. The maximum absolute atomic E-state index is 13.4. The lowest BCUT2D eigenvalue weighted by molar-refractivity contribution is 0.0527. The molecule has 4 rings (SSSR count). The summed E-state index contributed by atoms with van der Waals surface area (Å²) < 4.78 is 8.31. The second-order valence-corrected chi connectivity index (χ2v) is 9.97. The van der Waals surface area contributed by atoms with Crippen LogP contribution in [0.2, 0.25) is 0 Å². The first kappa shape index (κ1) is 26.9. The van der Waals surface area contributed by atoms with Crippen molar-refractivity contribution >= 4 is 57.8 Å². The van der Waals surface area contributed by atoms with Crippen molar-refractivity contribution < 1.29 is 14.6 Å². The molecule has 1 aliphatic rings. The number of phenols is 1. The van der Waals surface area contributed by atoms with Crippen LogP contribution in [0.3, 0.4) is 0 Å². The second kappa shape index (κ2) is 11.4. The van der Waals surface area contributed by atoms with Crippen LogP contribution in [0.15, 0.2) is 34.8 Å². The molecule has 2 heterocycles. The number of nitrogens with zero attached hydrogens (tertiary/aromatic N) is 2. The van der Waals surface area contributed by atoms with Gasteiger partial charge in [0.1, 0.15) is 5.75 Å². The van der Waals surface area contributed by atoms with Crippen LogP contribution >= 0.6 is 41.0 Å². The zero-order chi connectivity index (χ0) is 23.7. The van der Waals surface area contributed by atoms with Crippen molar-refractivity contribution in [1.29, 1.82) is 0 Å². The summed E-state index contributed by atoms with van der Waals surface area (Å²) >= 11 is 8.55. The van der Waals surface area contributed by atoms with Gasteiger partial charge in [0.25, 0.3) is 0 Å². The molecule has 0 amide bonds. The number of thiol groups is 1. The van der Waals surface area contributed by atoms with Crippen LogP contribution in [0, 0.1) is 6.92 Å². The number of aromatic nitrogens is 1. The lowest BCUT2D eigenvalue weighted by Crippen LogP contribution is -2.19. The molecule has 3 aromatic rings. The number of carbonyl (C=O) groups excluding carboxylic acids is 1. The fourth-order valence-electron chi connectivity index (χ4n) is 4.82. The molecule has 0 saturated carbocycles. The maximum atomic E-state index is 13.4. The van der Waals surface area contributed by atoms with E-state index in [-0.39, 0.29) is 36.0 Å². The highest BCUT2D eigenvalue weighted by Crippen LogP contribution is 2.44. The summed E-state index contributed by atoms with van der Waals surface area (Å²) in [6.45, 7) is 9.43. The van der Waals surface area contributed by atoms with E-state index in [4.69, 9.17) is 17.4 Å². The summed E-state index contributed by atoms with van der Waals surface area (Å²) in [5.41, 5.74) is 5.16. The predicted molar refractivity (Wildman–Crippen MR) is 147 cm³/mol. The Labute approximate surface area is 221 Å². The fraction of sp³-hybridized carbons (Fsp3) is 0.423. The Balaban J connectivity index is 0.00000324. The van der Waals surface area contributed by atoms with Gasteiger partial charge in [-0.05, 0) is 74.3 Å². The van der Waals surface area contributed by atoms with E-state index in [9.17, 15) is 9.90 Å². The van der Waals surface area contributed by atoms with E-state index in [1.165, 1.54) is 5.56 Å². The molecule has 0 spiro atoms. The Morgan fingerprint density at radius 3 is 2.44 bits per heavy atom. The van der Waals surface area contributed by atoms with E-state index >= 15 is 0 Å². The number of likely N-dealkylation sites (tertiary alicyclic amines) is 1. The van der Waals surface area contributed by atoms with Gasteiger partial charge in [0, 0.05) is 24.0 Å². The van der Waals surface area contributed by atoms with Gasteiger partial charge in [-0.3, -0.25) is 4.90 Å². The van der Waals surface area contributed by atoms with E-state index in [2.05, 4.69) is 63.5 Å². The molecular weight excluding hydrogens is 536 g/mol. The van der Waals surface area contributed by atoms with Crippen molar-refractivity contribution in [3.63, 3.8) is 0 Å². The first-order valence-electron chi connectivity index (χ1n) is 11.6. The Morgan fingerprint density at radius 2 is 1.85 bits per heavy atom. The van der Waals surface area contributed by atoms with Crippen molar-refractivity contribution in [2.45, 2.75) is 52.0 Å². The summed E-state index contributed by atoms with van der Waals surface area (Å²) in [5, 5.41) is 11.5. The number of rotatable bonds is 7. The van der Waals surface area contributed by atoms with Crippen LogP contribution in [0.4, 0.5) is 0 Å². The molecule has 0 radical (unpaired) electrons. The molecule has 34 heavy (non-hydrogen) atoms. The fourth-order valence-corrected chi connectivity index (χ4v) is 5.72. The van der Waals surface area contributed by atoms with Crippen molar-refractivity contribution in [3.8, 4) is 5.75 Å². The molecule has 1 aliphatic heterocycles. The summed E-state index contributed by atoms with van der Waals surface area (Å²) in [6.07, 6.45) is 2.30. The van der Waals surface area contributed by atoms with Crippen LogP contribution in [-0.4, -0.2) is 40.2 Å². The lowest BCUT2D eigenvalue weighted by atomic mass is 9.99. The molecule has 5 nitrogen and oxygen atoms in total. The molecule has 1 unspecified atom stereocenters.